The second-order valence-corrected chi connectivity index (χ2v) is 8.20. The summed E-state index contributed by atoms with van der Waals surface area (Å²) in [5.74, 6) is 1.07. The maximum Gasteiger partial charge on any atom is 0.225 e. The van der Waals surface area contributed by atoms with E-state index in [1.54, 1.807) is 7.05 Å². The van der Waals surface area contributed by atoms with Gasteiger partial charge in [0.15, 0.2) is 5.96 Å². The number of ether oxygens (including phenoxy) is 1. The van der Waals surface area contributed by atoms with Crippen LogP contribution in [0.4, 0.5) is 0 Å². The van der Waals surface area contributed by atoms with Gasteiger partial charge in [0.1, 0.15) is 0 Å². The number of hydrogen-bond acceptors (Lipinski definition) is 4. The van der Waals surface area contributed by atoms with E-state index in [1.807, 2.05) is 18.7 Å². The lowest BCUT2D eigenvalue weighted by Crippen LogP contribution is -2.45. The van der Waals surface area contributed by atoms with Crippen LogP contribution < -0.4 is 10.6 Å². The lowest BCUT2D eigenvalue weighted by atomic mass is 10.1. The van der Waals surface area contributed by atoms with Crippen molar-refractivity contribution in [3.05, 3.63) is 35.4 Å². The van der Waals surface area contributed by atoms with Crippen molar-refractivity contribution in [1.29, 1.82) is 0 Å². The van der Waals surface area contributed by atoms with E-state index in [-0.39, 0.29) is 17.9 Å². The third-order valence-electron chi connectivity index (χ3n) is 5.52. The molecule has 2 heterocycles. The molecule has 2 aliphatic rings. The minimum Gasteiger partial charge on any atom is -0.379 e. The Balaban J connectivity index is 1.47. The highest BCUT2D eigenvalue weighted by atomic mass is 16.5. The van der Waals surface area contributed by atoms with Crippen LogP contribution in [-0.4, -0.2) is 74.1 Å². The SMILES string of the molecule is CN=C(NCc1cccc(CN2CCOCC2)c1)NC1CCN(C(=O)C(C)C)C1. The molecule has 3 rings (SSSR count). The first-order valence-corrected chi connectivity index (χ1v) is 10.7. The molecule has 0 aromatic heterocycles. The highest BCUT2D eigenvalue weighted by Gasteiger charge is 2.27. The van der Waals surface area contributed by atoms with Crippen molar-refractivity contribution in [3.8, 4) is 0 Å². The van der Waals surface area contributed by atoms with E-state index in [1.165, 1.54) is 11.1 Å². The molecule has 1 atom stereocenters. The molecule has 2 aliphatic heterocycles. The lowest BCUT2D eigenvalue weighted by molar-refractivity contribution is -0.133. The molecular formula is C22H35N5O2. The molecule has 7 nitrogen and oxygen atoms in total. The number of hydrogen-bond donors (Lipinski definition) is 2. The third kappa shape index (κ3) is 6.44. The molecule has 1 aromatic rings. The Kier molecular flexibility index (Phi) is 7.89. The molecule has 0 radical (unpaired) electrons. The molecule has 0 bridgehead atoms. The number of rotatable bonds is 6. The number of carbonyl (C=O) groups excluding carboxylic acids is 1. The number of likely N-dealkylation sites (tertiary alicyclic amines) is 1. The lowest BCUT2D eigenvalue weighted by Gasteiger charge is -2.26. The molecule has 1 aromatic carbocycles. The molecule has 0 aliphatic carbocycles. The van der Waals surface area contributed by atoms with Crippen molar-refractivity contribution in [1.82, 2.24) is 20.4 Å². The monoisotopic (exact) mass is 401 g/mol. The first-order valence-electron chi connectivity index (χ1n) is 10.7. The molecule has 0 saturated carbocycles. The minimum absolute atomic E-state index is 0.0518. The van der Waals surface area contributed by atoms with Crippen molar-refractivity contribution in [2.45, 2.75) is 39.4 Å². The second-order valence-electron chi connectivity index (χ2n) is 8.20. The molecule has 1 unspecified atom stereocenters. The molecule has 7 heteroatoms. The van der Waals surface area contributed by atoms with Crippen LogP contribution in [0.5, 0.6) is 0 Å². The largest absolute Gasteiger partial charge is 0.379 e. The van der Waals surface area contributed by atoms with E-state index in [2.05, 4.69) is 44.8 Å². The Morgan fingerprint density at radius 2 is 2.00 bits per heavy atom. The quantitative estimate of drug-likeness (QED) is 0.558. The number of nitrogens with one attached hydrogen (secondary N) is 2. The highest BCUT2D eigenvalue weighted by molar-refractivity contribution is 5.81. The van der Waals surface area contributed by atoms with Gasteiger partial charge in [-0.3, -0.25) is 14.7 Å². The first-order chi connectivity index (χ1) is 14.0. The fraction of sp³-hybridized carbons (Fsp3) is 0.636. The van der Waals surface area contributed by atoms with E-state index in [9.17, 15) is 4.79 Å². The zero-order chi connectivity index (χ0) is 20.6. The highest BCUT2D eigenvalue weighted by Crippen LogP contribution is 2.13. The van der Waals surface area contributed by atoms with Gasteiger partial charge in [-0.2, -0.15) is 0 Å². The Morgan fingerprint density at radius 3 is 2.72 bits per heavy atom. The molecule has 29 heavy (non-hydrogen) atoms. The van der Waals surface area contributed by atoms with Crippen LogP contribution in [0.15, 0.2) is 29.3 Å². The van der Waals surface area contributed by atoms with E-state index in [4.69, 9.17) is 4.74 Å². The van der Waals surface area contributed by atoms with E-state index in [0.29, 0.717) is 0 Å². The van der Waals surface area contributed by atoms with E-state index < -0.39 is 0 Å². The average Bonchev–Trinajstić information content (AvgIpc) is 3.20. The summed E-state index contributed by atoms with van der Waals surface area (Å²) < 4.78 is 5.43. The van der Waals surface area contributed by atoms with Gasteiger partial charge in [-0.05, 0) is 17.5 Å². The summed E-state index contributed by atoms with van der Waals surface area (Å²) in [5, 5.41) is 6.87. The van der Waals surface area contributed by atoms with Crippen molar-refractivity contribution >= 4 is 11.9 Å². The van der Waals surface area contributed by atoms with Crippen LogP contribution in [0.1, 0.15) is 31.4 Å². The van der Waals surface area contributed by atoms with Gasteiger partial charge in [-0.15, -0.1) is 0 Å². The fourth-order valence-corrected chi connectivity index (χ4v) is 3.87. The second kappa shape index (κ2) is 10.6. The normalized spacial score (nSPS) is 20.9. The fourth-order valence-electron chi connectivity index (χ4n) is 3.87. The number of carbonyl (C=O) groups is 1. The predicted molar refractivity (Wildman–Crippen MR) is 116 cm³/mol. The summed E-state index contributed by atoms with van der Waals surface area (Å²) in [6, 6.07) is 8.95. The Labute approximate surface area is 174 Å². The van der Waals surface area contributed by atoms with Gasteiger partial charge < -0.3 is 20.3 Å². The summed E-state index contributed by atoms with van der Waals surface area (Å²) >= 11 is 0. The summed E-state index contributed by atoms with van der Waals surface area (Å²) in [6.45, 7) is 10.8. The van der Waals surface area contributed by atoms with Crippen LogP contribution in [0.25, 0.3) is 0 Å². The summed E-state index contributed by atoms with van der Waals surface area (Å²) in [6.07, 6.45) is 0.953. The van der Waals surface area contributed by atoms with Crippen LogP contribution in [0.3, 0.4) is 0 Å². The molecule has 0 spiro atoms. The number of guanidine groups is 1. The van der Waals surface area contributed by atoms with Gasteiger partial charge >= 0.3 is 0 Å². The van der Waals surface area contributed by atoms with Crippen LogP contribution >= 0.6 is 0 Å². The Morgan fingerprint density at radius 1 is 1.24 bits per heavy atom. The first kappa shape index (κ1) is 21.6. The third-order valence-corrected chi connectivity index (χ3v) is 5.52. The maximum atomic E-state index is 12.2. The Bertz CT molecular complexity index is 700. The van der Waals surface area contributed by atoms with Gasteiger partial charge in [0.25, 0.3) is 0 Å². The number of morpholine rings is 1. The van der Waals surface area contributed by atoms with E-state index in [0.717, 1.165) is 64.9 Å². The number of nitrogens with zero attached hydrogens (tertiary/aromatic N) is 3. The molecular weight excluding hydrogens is 366 g/mol. The van der Waals surface area contributed by atoms with Gasteiger partial charge in [-0.25, -0.2) is 0 Å². The van der Waals surface area contributed by atoms with Gasteiger partial charge in [-0.1, -0.05) is 38.1 Å². The molecule has 2 N–H and O–H groups in total. The van der Waals surface area contributed by atoms with Crippen molar-refractivity contribution in [3.63, 3.8) is 0 Å². The smallest absolute Gasteiger partial charge is 0.225 e. The Hall–Kier alpha value is -2.12. The van der Waals surface area contributed by atoms with Crippen molar-refractivity contribution < 1.29 is 9.53 Å². The minimum atomic E-state index is 0.0518. The molecule has 2 saturated heterocycles. The maximum absolute atomic E-state index is 12.2. The van der Waals surface area contributed by atoms with Crippen molar-refractivity contribution in [2.24, 2.45) is 10.9 Å². The zero-order valence-electron chi connectivity index (χ0n) is 18.0. The van der Waals surface area contributed by atoms with Gasteiger partial charge in [0.05, 0.1) is 13.2 Å². The summed E-state index contributed by atoms with van der Waals surface area (Å²) in [4.78, 5) is 20.9. The number of aliphatic imine (C=N–C) groups is 1. The van der Waals surface area contributed by atoms with E-state index >= 15 is 0 Å². The topological polar surface area (TPSA) is 69.2 Å². The average molecular weight is 402 g/mol. The molecule has 1 amide bonds. The summed E-state index contributed by atoms with van der Waals surface area (Å²) in [7, 11) is 1.79. The predicted octanol–water partition coefficient (Wildman–Crippen LogP) is 1.44. The molecule has 160 valence electrons. The zero-order valence-corrected chi connectivity index (χ0v) is 18.0. The summed E-state index contributed by atoms with van der Waals surface area (Å²) in [5.41, 5.74) is 2.56. The molecule has 2 fully saturated rings. The van der Waals surface area contributed by atoms with Crippen molar-refractivity contribution in [2.75, 3.05) is 46.4 Å². The standard InChI is InChI=1S/C22H35N5O2/c1-17(2)21(28)27-8-7-20(16-27)25-22(23-3)24-14-18-5-4-6-19(13-18)15-26-9-11-29-12-10-26/h4-6,13,17,20H,7-12,14-16H2,1-3H3,(H2,23,24,25). The van der Waals surface area contributed by atoms with Crippen LogP contribution in [-0.2, 0) is 22.6 Å². The van der Waals surface area contributed by atoms with Gasteiger partial charge in [0, 0.05) is 58.3 Å². The number of amides is 1. The van der Waals surface area contributed by atoms with Gasteiger partial charge in [0.2, 0.25) is 5.91 Å². The number of benzene rings is 1. The van der Waals surface area contributed by atoms with Crippen LogP contribution in [0.2, 0.25) is 0 Å². The van der Waals surface area contributed by atoms with Crippen LogP contribution in [0, 0.1) is 5.92 Å².